The molecule has 0 aliphatic rings. The molecule has 0 atom stereocenters. The van der Waals surface area contributed by atoms with E-state index in [2.05, 4.69) is 0 Å². The second-order valence-electron chi connectivity index (χ2n) is 3.47. The molecule has 0 fully saturated rings. The van der Waals surface area contributed by atoms with Gasteiger partial charge in [0.2, 0.25) is 0 Å². The van der Waals surface area contributed by atoms with Gasteiger partial charge in [-0.25, -0.2) is 0 Å². The summed E-state index contributed by atoms with van der Waals surface area (Å²) in [6.07, 6.45) is 0.814. The Morgan fingerprint density at radius 3 is 2.59 bits per heavy atom. The number of ether oxygens (including phenoxy) is 3. The Bertz CT molecular complexity index is 380. The van der Waals surface area contributed by atoms with Crippen LogP contribution in [0.4, 0.5) is 0 Å². The van der Waals surface area contributed by atoms with E-state index in [1.165, 1.54) is 0 Å². The normalized spacial score (nSPS) is 10.0. The molecule has 94 valence electrons. The molecule has 0 unspecified atom stereocenters. The van der Waals surface area contributed by atoms with E-state index < -0.39 is 0 Å². The molecular weight excluding hydrogens is 220 g/mol. The zero-order valence-corrected chi connectivity index (χ0v) is 10.2. The van der Waals surface area contributed by atoms with Crippen molar-refractivity contribution in [2.24, 2.45) is 5.73 Å². The number of rotatable bonds is 7. The summed E-state index contributed by atoms with van der Waals surface area (Å²) in [6, 6.07) is 5.17. The largest absolute Gasteiger partial charge is 0.493 e. The van der Waals surface area contributed by atoms with E-state index in [0.717, 1.165) is 6.42 Å². The molecule has 0 aliphatic carbocycles. The lowest BCUT2D eigenvalue weighted by Crippen LogP contribution is -2.11. The first-order valence-electron chi connectivity index (χ1n) is 5.33. The van der Waals surface area contributed by atoms with E-state index in [1.807, 2.05) is 0 Å². The fourth-order valence-electron chi connectivity index (χ4n) is 1.34. The molecule has 0 spiro atoms. The van der Waals surface area contributed by atoms with Crippen LogP contribution in [0.1, 0.15) is 12.0 Å². The minimum absolute atomic E-state index is 0.00855. The number of nitrogens with two attached hydrogens (primary N) is 1. The summed E-state index contributed by atoms with van der Waals surface area (Å²) >= 11 is 0. The van der Waals surface area contributed by atoms with E-state index >= 15 is 0 Å². The number of hydrogen-bond donors (Lipinski definition) is 2. The molecule has 3 N–H and O–H groups in total. The van der Waals surface area contributed by atoms with Crippen LogP contribution in [0.25, 0.3) is 0 Å². The molecule has 1 rings (SSSR count). The summed E-state index contributed by atoms with van der Waals surface area (Å²) < 4.78 is 15.7. The molecule has 5 nitrogen and oxygen atoms in total. The summed E-state index contributed by atoms with van der Waals surface area (Å²) in [5, 5.41) is 7.34. The highest BCUT2D eigenvalue weighted by Gasteiger charge is 2.06. The van der Waals surface area contributed by atoms with E-state index in [9.17, 15) is 0 Å². The molecule has 5 heteroatoms. The average molecular weight is 238 g/mol. The molecule has 1 aromatic carbocycles. The maximum atomic E-state index is 7.34. The predicted molar refractivity (Wildman–Crippen MR) is 66.0 cm³/mol. The standard InChI is InChI=1S/C12H18N2O3/c1-15-6-3-7-17-10-5-4-9(12(13)14)8-11(10)16-2/h4-5,8H,3,6-7H2,1-2H3,(H3,13,14). The maximum Gasteiger partial charge on any atom is 0.161 e. The van der Waals surface area contributed by atoms with Gasteiger partial charge in [0.05, 0.1) is 13.7 Å². The van der Waals surface area contributed by atoms with E-state index in [0.29, 0.717) is 30.3 Å². The number of methoxy groups -OCH3 is 2. The number of nitrogens with one attached hydrogen (secondary N) is 1. The summed E-state index contributed by atoms with van der Waals surface area (Å²) in [6.45, 7) is 1.22. The van der Waals surface area contributed by atoms with Crippen molar-refractivity contribution in [1.29, 1.82) is 5.41 Å². The van der Waals surface area contributed by atoms with Crippen LogP contribution in [-0.4, -0.2) is 33.3 Å². The molecule has 0 bridgehead atoms. The first kappa shape index (κ1) is 13.3. The monoisotopic (exact) mass is 238 g/mol. The third-order valence-electron chi connectivity index (χ3n) is 2.22. The van der Waals surface area contributed by atoms with Gasteiger partial charge in [0.15, 0.2) is 11.5 Å². The van der Waals surface area contributed by atoms with Crippen LogP contribution in [0.5, 0.6) is 11.5 Å². The smallest absolute Gasteiger partial charge is 0.161 e. The van der Waals surface area contributed by atoms with Gasteiger partial charge in [-0.3, -0.25) is 5.41 Å². The molecule has 0 radical (unpaired) electrons. The van der Waals surface area contributed by atoms with Crippen LogP contribution in [0.2, 0.25) is 0 Å². The second-order valence-corrected chi connectivity index (χ2v) is 3.47. The Labute approximate surface area is 101 Å². The fraction of sp³-hybridized carbons (Fsp3) is 0.417. The molecule has 0 heterocycles. The Morgan fingerprint density at radius 1 is 1.24 bits per heavy atom. The SMILES string of the molecule is COCCCOc1ccc(C(=N)N)cc1OC. The lowest BCUT2D eigenvalue weighted by molar-refractivity contribution is 0.170. The highest BCUT2D eigenvalue weighted by atomic mass is 16.5. The van der Waals surface area contributed by atoms with E-state index in [1.54, 1.807) is 32.4 Å². The van der Waals surface area contributed by atoms with Crippen molar-refractivity contribution in [3.63, 3.8) is 0 Å². The van der Waals surface area contributed by atoms with Gasteiger partial charge in [0.1, 0.15) is 5.84 Å². The molecule has 0 saturated heterocycles. The zero-order chi connectivity index (χ0) is 12.7. The van der Waals surface area contributed by atoms with Gasteiger partial charge in [-0.05, 0) is 18.2 Å². The van der Waals surface area contributed by atoms with Crippen molar-refractivity contribution in [2.45, 2.75) is 6.42 Å². The van der Waals surface area contributed by atoms with Crippen molar-refractivity contribution in [2.75, 3.05) is 27.4 Å². The summed E-state index contributed by atoms with van der Waals surface area (Å²) in [7, 11) is 3.21. The van der Waals surface area contributed by atoms with E-state index in [-0.39, 0.29) is 5.84 Å². The van der Waals surface area contributed by atoms with Crippen molar-refractivity contribution < 1.29 is 14.2 Å². The Morgan fingerprint density at radius 2 is 2.00 bits per heavy atom. The van der Waals surface area contributed by atoms with Gasteiger partial charge in [0, 0.05) is 25.7 Å². The lowest BCUT2D eigenvalue weighted by atomic mass is 10.2. The summed E-state index contributed by atoms with van der Waals surface area (Å²) in [5.74, 6) is 1.23. The Kier molecular flexibility index (Phi) is 5.29. The quantitative estimate of drug-likeness (QED) is 0.427. The molecule has 0 amide bonds. The van der Waals surface area contributed by atoms with Gasteiger partial charge >= 0.3 is 0 Å². The molecule has 0 aromatic heterocycles. The Balaban J connectivity index is 2.68. The van der Waals surface area contributed by atoms with E-state index in [4.69, 9.17) is 25.4 Å². The molecule has 0 saturated carbocycles. The third kappa shape index (κ3) is 3.96. The van der Waals surface area contributed by atoms with Gasteiger partial charge in [-0.15, -0.1) is 0 Å². The zero-order valence-electron chi connectivity index (χ0n) is 10.2. The minimum Gasteiger partial charge on any atom is -0.493 e. The summed E-state index contributed by atoms with van der Waals surface area (Å²) in [4.78, 5) is 0. The van der Waals surface area contributed by atoms with Crippen LogP contribution in [0.15, 0.2) is 18.2 Å². The van der Waals surface area contributed by atoms with Crippen LogP contribution >= 0.6 is 0 Å². The highest BCUT2D eigenvalue weighted by Crippen LogP contribution is 2.27. The highest BCUT2D eigenvalue weighted by molar-refractivity contribution is 5.95. The lowest BCUT2D eigenvalue weighted by Gasteiger charge is -2.11. The number of amidine groups is 1. The van der Waals surface area contributed by atoms with Crippen LogP contribution < -0.4 is 15.2 Å². The van der Waals surface area contributed by atoms with Crippen molar-refractivity contribution in [3.05, 3.63) is 23.8 Å². The second kappa shape index (κ2) is 6.75. The number of benzene rings is 1. The van der Waals surface area contributed by atoms with Crippen molar-refractivity contribution in [3.8, 4) is 11.5 Å². The van der Waals surface area contributed by atoms with Gasteiger partial charge in [-0.2, -0.15) is 0 Å². The predicted octanol–water partition coefficient (Wildman–Crippen LogP) is 1.39. The molecular formula is C12H18N2O3. The molecule has 1 aromatic rings. The maximum absolute atomic E-state index is 7.34. The number of hydrogen-bond acceptors (Lipinski definition) is 4. The fourth-order valence-corrected chi connectivity index (χ4v) is 1.34. The van der Waals surface area contributed by atoms with Gasteiger partial charge in [0.25, 0.3) is 0 Å². The minimum atomic E-state index is 0.00855. The first-order valence-corrected chi connectivity index (χ1v) is 5.33. The van der Waals surface area contributed by atoms with Crippen molar-refractivity contribution in [1.82, 2.24) is 0 Å². The molecule has 17 heavy (non-hydrogen) atoms. The Hall–Kier alpha value is -1.75. The van der Waals surface area contributed by atoms with Gasteiger partial charge in [-0.1, -0.05) is 0 Å². The van der Waals surface area contributed by atoms with Crippen LogP contribution in [-0.2, 0) is 4.74 Å². The summed E-state index contributed by atoms with van der Waals surface area (Å²) in [5.41, 5.74) is 6.01. The van der Waals surface area contributed by atoms with Gasteiger partial charge < -0.3 is 19.9 Å². The van der Waals surface area contributed by atoms with Crippen molar-refractivity contribution >= 4 is 5.84 Å². The molecule has 0 aliphatic heterocycles. The first-order chi connectivity index (χ1) is 8.19. The average Bonchev–Trinajstić information content (AvgIpc) is 2.34. The van der Waals surface area contributed by atoms with Crippen LogP contribution in [0.3, 0.4) is 0 Å². The van der Waals surface area contributed by atoms with Crippen LogP contribution in [0, 0.1) is 5.41 Å². The number of nitrogen functional groups attached to an aromatic ring is 1. The topological polar surface area (TPSA) is 77.6 Å². The third-order valence-corrected chi connectivity index (χ3v) is 2.22.